The van der Waals surface area contributed by atoms with Gasteiger partial charge < -0.3 is 0 Å². The fourth-order valence-corrected chi connectivity index (χ4v) is 4.11. The van der Waals surface area contributed by atoms with E-state index in [-0.39, 0.29) is 0 Å². The Bertz CT molecular complexity index is 1110. The monoisotopic (exact) mass is 392 g/mol. The highest BCUT2D eigenvalue weighted by molar-refractivity contribution is 5.77. The largest absolute Gasteiger partial charge is 0.279 e. The molecule has 4 aromatic rings. The van der Waals surface area contributed by atoms with Crippen LogP contribution in [0.25, 0.3) is 22.3 Å². The maximum absolute atomic E-state index is 6.59. The highest BCUT2D eigenvalue weighted by atomic mass is 15.4. The van der Waals surface area contributed by atoms with Crippen LogP contribution in [0, 0.1) is 27.7 Å². The summed E-state index contributed by atoms with van der Waals surface area (Å²) in [5.41, 5.74) is 11.8. The zero-order valence-electron chi connectivity index (χ0n) is 18.1. The molecule has 0 fully saturated rings. The third kappa shape index (κ3) is 3.74. The predicted octanol–water partition coefficient (Wildman–Crippen LogP) is 7.27. The average Bonchev–Trinajstić information content (AvgIpc) is 2.74. The first kappa shape index (κ1) is 19.9. The molecule has 150 valence electrons. The van der Waals surface area contributed by atoms with E-state index in [4.69, 9.17) is 5.84 Å². The van der Waals surface area contributed by atoms with Gasteiger partial charge >= 0.3 is 0 Å². The lowest BCUT2D eigenvalue weighted by Gasteiger charge is -2.24. The summed E-state index contributed by atoms with van der Waals surface area (Å²) in [7, 11) is 0. The fourth-order valence-electron chi connectivity index (χ4n) is 4.11. The molecule has 4 rings (SSSR count). The van der Waals surface area contributed by atoms with Gasteiger partial charge in [0.15, 0.2) is 0 Å². The minimum absolute atomic E-state index is 1.01. The molecule has 0 spiro atoms. The van der Waals surface area contributed by atoms with Crippen molar-refractivity contribution in [1.82, 2.24) is 0 Å². The standard InChI is InChI=1S/C28H28N2/c1-19-9-5-7-11-25(19)23-13-15-27(21(3)17-23)30(29)28-16-14-24(18-22(28)4)26-12-8-6-10-20(26)2/h5-18H,29H2,1-4H3. The highest BCUT2D eigenvalue weighted by Crippen LogP contribution is 2.34. The van der Waals surface area contributed by atoms with Gasteiger partial charge in [-0.05, 0) is 96.5 Å². The van der Waals surface area contributed by atoms with Crippen LogP contribution in [0.5, 0.6) is 0 Å². The first-order chi connectivity index (χ1) is 14.5. The Labute approximate surface area is 179 Å². The summed E-state index contributed by atoms with van der Waals surface area (Å²) in [6.45, 7) is 8.53. The van der Waals surface area contributed by atoms with E-state index in [9.17, 15) is 0 Å². The number of nitrogens with zero attached hydrogens (tertiary/aromatic N) is 1. The van der Waals surface area contributed by atoms with Crippen molar-refractivity contribution in [3.63, 3.8) is 0 Å². The van der Waals surface area contributed by atoms with Gasteiger partial charge in [-0.3, -0.25) is 5.01 Å². The summed E-state index contributed by atoms with van der Waals surface area (Å²) in [6.07, 6.45) is 0. The van der Waals surface area contributed by atoms with Crippen molar-refractivity contribution in [2.75, 3.05) is 5.01 Å². The summed E-state index contributed by atoms with van der Waals surface area (Å²) in [5.74, 6) is 6.59. The molecule has 0 aliphatic rings. The Kier molecular flexibility index (Phi) is 5.43. The van der Waals surface area contributed by atoms with Gasteiger partial charge in [-0.25, -0.2) is 5.84 Å². The predicted molar refractivity (Wildman–Crippen MR) is 129 cm³/mol. The van der Waals surface area contributed by atoms with Crippen LogP contribution in [-0.4, -0.2) is 0 Å². The third-order valence-corrected chi connectivity index (χ3v) is 5.82. The number of hydrogen-bond donors (Lipinski definition) is 1. The number of aryl methyl sites for hydroxylation is 4. The summed E-state index contributed by atoms with van der Waals surface area (Å²) < 4.78 is 0. The molecule has 0 unspecified atom stereocenters. The molecule has 0 bridgehead atoms. The molecule has 0 radical (unpaired) electrons. The fraction of sp³-hybridized carbons (Fsp3) is 0.143. The van der Waals surface area contributed by atoms with E-state index < -0.39 is 0 Å². The Hall–Kier alpha value is -3.36. The van der Waals surface area contributed by atoms with Crippen molar-refractivity contribution in [1.29, 1.82) is 0 Å². The molecule has 2 heteroatoms. The van der Waals surface area contributed by atoms with Gasteiger partial charge in [-0.2, -0.15) is 0 Å². The minimum Gasteiger partial charge on any atom is -0.279 e. The van der Waals surface area contributed by atoms with E-state index in [1.54, 1.807) is 5.01 Å². The molecule has 2 nitrogen and oxygen atoms in total. The van der Waals surface area contributed by atoms with Gasteiger partial charge in [-0.1, -0.05) is 60.7 Å². The van der Waals surface area contributed by atoms with Gasteiger partial charge in [0.05, 0.1) is 11.4 Å². The van der Waals surface area contributed by atoms with E-state index >= 15 is 0 Å². The lowest BCUT2D eigenvalue weighted by molar-refractivity contribution is 1.06. The molecule has 0 aliphatic carbocycles. The first-order valence-electron chi connectivity index (χ1n) is 10.3. The van der Waals surface area contributed by atoms with E-state index in [1.807, 2.05) is 0 Å². The zero-order valence-corrected chi connectivity index (χ0v) is 18.1. The minimum atomic E-state index is 1.01. The van der Waals surface area contributed by atoms with E-state index in [1.165, 1.54) is 33.4 Å². The Morgan fingerprint density at radius 3 is 1.27 bits per heavy atom. The van der Waals surface area contributed by atoms with Crippen LogP contribution in [0.2, 0.25) is 0 Å². The second-order valence-corrected chi connectivity index (χ2v) is 8.00. The molecule has 4 aromatic carbocycles. The molecule has 0 saturated carbocycles. The SMILES string of the molecule is Cc1ccccc1-c1ccc(N(N)c2ccc(-c3ccccc3C)cc2C)c(C)c1. The van der Waals surface area contributed by atoms with Gasteiger partial charge in [0, 0.05) is 0 Å². The van der Waals surface area contributed by atoms with Crippen LogP contribution in [0.15, 0.2) is 84.9 Å². The number of benzene rings is 4. The molecule has 2 N–H and O–H groups in total. The first-order valence-corrected chi connectivity index (χ1v) is 10.3. The Morgan fingerprint density at radius 1 is 0.500 bits per heavy atom. The normalized spacial score (nSPS) is 10.8. The molecular formula is C28H28N2. The van der Waals surface area contributed by atoms with Crippen molar-refractivity contribution in [2.24, 2.45) is 5.84 Å². The Morgan fingerprint density at radius 2 is 0.900 bits per heavy atom. The van der Waals surface area contributed by atoms with Crippen LogP contribution in [0.4, 0.5) is 11.4 Å². The number of rotatable bonds is 4. The number of hydrazine groups is 1. The van der Waals surface area contributed by atoms with Gasteiger partial charge in [0.2, 0.25) is 0 Å². The van der Waals surface area contributed by atoms with Crippen molar-refractivity contribution >= 4 is 11.4 Å². The topological polar surface area (TPSA) is 29.3 Å². The molecule has 0 saturated heterocycles. The smallest absolute Gasteiger partial charge is 0.0604 e. The number of anilines is 2. The van der Waals surface area contributed by atoms with Crippen LogP contribution in [0.1, 0.15) is 22.3 Å². The van der Waals surface area contributed by atoms with Crippen molar-refractivity contribution in [2.45, 2.75) is 27.7 Å². The Balaban J connectivity index is 1.67. The van der Waals surface area contributed by atoms with Gasteiger partial charge in [0.25, 0.3) is 0 Å². The van der Waals surface area contributed by atoms with E-state index in [2.05, 4.69) is 113 Å². The van der Waals surface area contributed by atoms with Crippen LogP contribution >= 0.6 is 0 Å². The lowest BCUT2D eigenvalue weighted by atomic mass is 9.97. The number of hydrogen-bond acceptors (Lipinski definition) is 2. The molecule has 0 aromatic heterocycles. The lowest BCUT2D eigenvalue weighted by Crippen LogP contribution is -2.26. The van der Waals surface area contributed by atoms with Gasteiger partial charge in [0.1, 0.15) is 0 Å². The molecule has 0 aliphatic heterocycles. The maximum Gasteiger partial charge on any atom is 0.0604 e. The number of nitrogens with two attached hydrogens (primary N) is 1. The molecule has 0 heterocycles. The van der Waals surface area contributed by atoms with Crippen LogP contribution < -0.4 is 10.9 Å². The van der Waals surface area contributed by atoms with Crippen molar-refractivity contribution < 1.29 is 0 Å². The van der Waals surface area contributed by atoms with Crippen LogP contribution in [0.3, 0.4) is 0 Å². The maximum atomic E-state index is 6.59. The molecular weight excluding hydrogens is 364 g/mol. The second-order valence-electron chi connectivity index (χ2n) is 8.00. The van der Waals surface area contributed by atoms with Gasteiger partial charge in [-0.15, -0.1) is 0 Å². The summed E-state index contributed by atoms with van der Waals surface area (Å²) in [4.78, 5) is 0. The zero-order chi connectivity index (χ0) is 21.3. The summed E-state index contributed by atoms with van der Waals surface area (Å²) >= 11 is 0. The summed E-state index contributed by atoms with van der Waals surface area (Å²) in [6, 6.07) is 29.9. The quantitative estimate of drug-likeness (QED) is 0.292. The molecule has 0 amide bonds. The molecule has 30 heavy (non-hydrogen) atoms. The third-order valence-electron chi connectivity index (χ3n) is 5.82. The van der Waals surface area contributed by atoms with Crippen molar-refractivity contribution in [3.05, 3.63) is 107 Å². The molecule has 0 atom stereocenters. The van der Waals surface area contributed by atoms with Crippen LogP contribution in [-0.2, 0) is 0 Å². The van der Waals surface area contributed by atoms with Crippen molar-refractivity contribution in [3.8, 4) is 22.3 Å². The second kappa shape index (κ2) is 8.17. The van der Waals surface area contributed by atoms with E-state index in [0.29, 0.717) is 0 Å². The van der Waals surface area contributed by atoms with E-state index in [0.717, 1.165) is 22.5 Å². The summed E-state index contributed by atoms with van der Waals surface area (Å²) in [5, 5.41) is 1.80. The highest BCUT2D eigenvalue weighted by Gasteiger charge is 2.13. The average molecular weight is 393 g/mol.